The number of azide groups is 1. The third kappa shape index (κ3) is 5.13. The van der Waals surface area contributed by atoms with Crippen LogP contribution >= 0.6 is 35.0 Å². The van der Waals surface area contributed by atoms with Crippen molar-refractivity contribution in [2.24, 2.45) is 5.11 Å². The van der Waals surface area contributed by atoms with Gasteiger partial charge in [-0.15, -0.1) is 0 Å². The van der Waals surface area contributed by atoms with Gasteiger partial charge in [-0.2, -0.15) is 0 Å². The molecule has 0 amide bonds. The zero-order valence-electron chi connectivity index (χ0n) is 16.6. The monoisotopic (exact) mass is 481 g/mol. The van der Waals surface area contributed by atoms with Crippen LogP contribution in [0.15, 0.2) is 58.5 Å². The highest BCUT2D eigenvalue weighted by atomic mass is 35.5. The van der Waals surface area contributed by atoms with Crippen LogP contribution in [0, 0.1) is 0 Å². The molecule has 31 heavy (non-hydrogen) atoms. The molecule has 0 bridgehead atoms. The SMILES string of the molecule is CCOC1[C@@H](Sc2ccc(Cl)c(Cl)c2)OC2COC(c3ccccc3)O[C@@H]2[C@@H]1N=[N+]=[N-]. The van der Waals surface area contributed by atoms with Crippen LogP contribution in [0.4, 0.5) is 0 Å². The molecule has 0 N–H and O–H groups in total. The molecule has 0 spiro atoms. The van der Waals surface area contributed by atoms with Gasteiger partial charge >= 0.3 is 0 Å². The summed E-state index contributed by atoms with van der Waals surface area (Å²) in [6.07, 6.45) is -2.00. The summed E-state index contributed by atoms with van der Waals surface area (Å²) in [5.74, 6) is 0. The fourth-order valence-corrected chi connectivity index (χ4v) is 5.22. The van der Waals surface area contributed by atoms with E-state index in [1.165, 1.54) is 11.8 Å². The Morgan fingerprint density at radius 3 is 2.68 bits per heavy atom. The van der Waals surface area contributed by atoms with Crippen molar-refractivity contribution in [3.8, 4) is 0 Å². The molecule has 7 nitrogen and oxygen atoms in total. The van der Waals surface area contributed by atoms with Gasteiger partial charge in [-0.3, -0.25) is 0 Å². The maximum absolute atomic E-state index is 9.26. The van der Waals surface area contributed by atoms with Crippen molar-refractivity contribution < 1.29 is 18.9 Å². The lowest BCUT2D eigenvalue weighted by molar-refractivity contribution is -0.300. The minimum absolute atomic E-state index is 0.305. The Morgan fingerprint density at radius 2 is 1.97 bits per heavy atom. The maximum atomic E-state index is 9.26. The predicted octanol–water partition coefficient (Wildman–Crippen LogP) is 6.01. The highest BCUT2D eigenvalue weighted by Gasteiger charge is 2.50. The maximum Gasteiger partial charge on any atom is 0.184 e. The second kappa shape index (κ2) is 10.4. The van der Waals surface area contributed by atoms with Gasteiger partial charge in [0.05, 0.1) is 22.7 Å². The molecule has 0 aliphatic carbocycles. The first kappa shape index (κ1) is 22.7. The quantitative estimate of drug-likeness (QED) is 0.286. The van der Waals surface area contributed by atoms with Crippen molar-refractivity contribution in [3.05, 3.63) is 74.6 Å². The number of rotatable bonds is 6. The van der Waals surface area contributed by atoms with Crippen LogP contribution in [0.3, 0.4) is 0 Å². The summed E-state index contributed by atoms with van der Waals surface area (Å²) in [4.78, 5) is 3.93. The lowest BCUT2D eigenvalue weighted by Crippen LogP contribution is -2.60. The van der Waals surface area contributed by atoms with E-state index in [1.807, 2.05) is 43.3 Å². The minimum Gasteiger partial charge on any atom is -0.374 e. The van der Waals surface area contributed by atoms with Crippen molar-refractivity contribution in [2.45, 2.75) is 47.9 Å². The van der Waals surface area contributed by atoms with Gasteiger partial charge in [0, 0.05) is 22.0 Å². The Balaban J connectivity index is 1.59. The van der Waals surface area contributed by atoms with Gasteiger partial charge in [0.2, 0.25) is 0 Å². The van der Waals surface area contributed by atoms with Crippen LogP contribution in [0.1, 0.15) is 18.8 Å². The first-order valence-corrected chi connectivity index (χ1v) is 11.5. The molecule has 0 saturated carbocycles. The number of hydrogen-bond donors (Lipinski definition) is 0. The molecule has 6 atom stereocenters. The van der Waals surface area contributed by atoms with Gasteiger partial charge in [0.15, 0.2) is 6.29 Å². The van der Waals surface area contributed by atoms with Crippen LogP contribution in [-0.2, 0) is 18.9 Å². The van der Waals surface area contributed by atoms with E-state index in [0.29, 0.717) is 23.3 Å². The average molecular weight is 482 g/mol. The number of halogens is 2. The molecule has 2 aliphatic heterocycles. The molecule has 4 rings (SSSR count). The number of fused-ring (bicyclic) bond motifs is 1. The number of thioether (sulfide) groups is 1. The highest BCUT2D eigenvalue weighted by molar-refractivity contribution is 7.99. The molecule has 2 saturated heterocycles. The first-order chi connectivity index (χ1) is 15.1. The molecular weight excluding hydrogens is 461 g/mol. The average Bonchev–Trinajstić information content (AvgIpc) is 2.79. The Bertz CT molecular complexity index is 947. The third-order valence-corrected chi connectivity index (χ3v) is 6.95. The number of nitrogens with zero attached hydrogens (tertiary/aromatic N) is 3. The highest BCUT2D eigenvalue weighted by Crippen LogP contribution is 2.42. The number of hydrogen-bond acceptors (Lipinski definition) is 6. The van der Waals surface area contributed by atoms with Gasteiger partial charge in [0.1, 0.15) is 23.7 Å². The van der Waals surface area contributed by atoms with Gasteiger partial charge in [-0.05, 0) is 30.7 Å². The van der Waals surface area contributed by atoms with Gasteiger partial charge in [-0.25, -0.2) is 0 Å². The minimum atomic E-state index is -0.584. The topological polar surface area (TPSA) is 85.7 Å². The molecule has 164 valence electrons. The van der Waals surface area contributed by atoms with E-state index < -0.39 is 36.1 Å². The van der Waals surface area contributed by atoms with E-state index in [1.54, 1.807) is 12.1 Å². The van der Waals surface area contributed by atoms with Gasteiger partial charge in [0.25, 0.3) is 0 Å². The lowest BCUT2D eigenvalue weighted by atomic mass is 9.96. The fourth-order valence-electron chi connectivity index (χ4n) is 3.69. The van der Waals surface area contributed by atoms with E-state index in [9.17, 15) is 5.53 Å². The largest absolute Gasteiger partial charge is 0.374 e. The Hall–Kier alpha value is -1.48. The first-order valence-electron chi connectivity index (χ1n) is 9.85. The van der Waals surface area contributed by atoms with Crippen molar-refractivity contribution in [1.82, 2.24) is 0 Å². The van der Waals surface area contributed by atoms with Crippen LogP contribution in [0.2, 0.25) is 10.0 Å². The molecule has 2 aromatic carbocycles. The van der Waals surface area contributed by atoms with Gasteiger partial charge in [-0.1, -0.05) is 70.4 Å². The van der Waals surface area contributed by atoms with E-state index in [4.69, 9.17) is 42.1 Å². The molecule has 3 unspecified atom stereocenters. The molecule has 10 heteroatoms. The summed E-state index contributed by atoms with van der Waals surface area (Å²) >= 11 is 13.6. The fraction of sp³-hybridized carbons (Fsp3) is 0.429. The van der Waals surface area contributed by atoms with Gasteiger partial charge < -0.3 is 18.9 Å². The zero-order chi connectivity index (χ0) is 21.8. The van der Waals surface area contributed by atoms with E-state index >= 15 is 0 Å². The predicted molar refractivity (Wildman–Crippen MR) is 119 cm³/mol. The Morgan fingerprint density at radius 1 is 1.16 bits per heavy atom. The smallest absolute Gasteiger partial charge is 0.184 e. The summed E-state index contributed by atoms with van der Waals surface area (Å²) in [7, 11) is 0. The molecule has 2 fully saturated rings. The van der Waals surface area contributed by atoms with Crippen molar-refractivity contribution >= 4 is 35.0 Å². The Kier molecular flexibility index (Phi) is 7.63. The van der Waals surface area contributed by atoms with Crippen LogP contribution in [-0.4, -0.2) is 43.0 Å². The molecule has 2 heterocycles. The number of benzene rings is 2. The van der Waals surface area contributed by atoms with E-state index in [0.717, 1.165) is 10.5 Å². The summed E-state index contributed by atoms with van der Waals surface area (Å²) < 4.78 is 24.4. The van der Waals surface area contributed by atoms with Crippen molar-refractivity contribution in [2.75, 3.05) is 13.2 Å². The van der Waals surface area contributed by atoms with Crippen molar-refractivity contribution in [3.63, 3.8) is 0 Å². The second-order valence-corrected chi connectivity index (χ2v) is 9.01. The number of ether oxygens (including phenoxy) is 4. The van der Waals surface area contributed by atoms with E-state index in [2.05, 4.69) is 10.0 Å². The molecule has 0 aromatic heterocycles. The zero-order valence-corrected chi connectivity index (χ0v) is 19.0. The molecule has 2 aromatic rings. The molecule has 0 radical (unpaired) electrons. The van der Waals surface area contributed by atoms with Crippen LogP contribution in [0.5, 0.6) is 0 Å². The van der Waals surface area contributed by atoms with Crippen LogP contribution in [0.25, 0.3) is 10.4 Å². The summed E-state index contributed by atoms with van der Waals surface area (Å²) in [5, 5.41) is 4.98. The van der Waals surface area contributed by atoms with Crippen LogP contribution < -0.4 is 0 Å². The lowest BCUT2D eigenvalue weighted by Gasteiger charge is -2.48. The van der Waals surface area contributed by atoms with E-state index in [-0.39, 0.29) is 0 Å². The molecular formula is C21H21Cl2N3O4S. The molecule has 2 aliphatic rings. The Labute approximate surface area is 194 Å². The standard InChI is InChI=1S/C21H21Cl2N3O4S/c1-2-27-19-17(25-26-24)18-16(11-28-20(30-18)12-6-4-3-5-7-12)29-21(19)31-13-8-9-14(22)15(23)10-13/h3-10,16-21H,2,11H2,1H3/t16?,17-,18-,19?,20?,21+/m0/s1. The second-order valence-electron chi connectivity index (χ2n) is 7.03. The third-order valence-electron chi connectivity index (χ3n) is 5.07. The normalized spacial score (nSPS) is 30.3. The summed E-state index contributed by atoms with van der Waals surface area (Å²) in [6, 6.07) is 14.4. The van der Waals surface area contributed by atoms with Crippen molar-refractivity contribution in [1.29, 1.82) is 0 Å². The summed E-state index contributed by atoms with van der Waals surface area (Å²) in [5.41, 5.74) is 9.70. The summed E-state index contributed by atoms with van der Waals surface area (Å²) in [6.45, 7) is 2.62.